The summed E-state index contributed by atoms with van der Waals surface area (Å²) >= 11 is 3.43. The summed E-state index contributed by atoms with van der Waals surface area (Å²) in [5.74, 6) is -0.779. The zero-order valence-corrected chi connectivity index (χ0v) is 16.4. The van der Waals surface area contributed by atoms with Crippen LogP contribution >= 0.6 is 15.9 Å². The fourth-order valence-electron chi connectivity index (χ4n) is 3.03. The minimum absolute atomic E-state index is 0.213. The van der Waals surface area contributed by atoms with E-state index >= 15 is 0 Å². The molecule has 4 rings (SSSR count). The Balaban J connectivity index is 1.46. The molecule has 140 valence electrons. The second-order valence-corrected chi connectivity index (χ2v) is 7.39. The number of carbonyl (C=O) groups excluding carboxylic acids is 2. The van der Waals surface area contributed by atoms with E-state index in [0.29, 0.717) is 12.8 Å². The molecule has 0 atom stereocenters. The molecule has 6 nitrogen and oxygen atoms in total. The van der Waals surface area contributed by atoms with Crippen molar-refractivity contribution in [1.29, 1.82) is 0 Å². The van der Waals surface area contributed by atoms with Gasteiger partial charge < -0.3 is 10.6 Å². The third kappa shape index (κ3) is 4.04. The second kappa shape index (κ2) is 7.82. The van der Waals surface area contributed by atoms with Crippen LogP contribution in [0.1, 0.15) is 27.3 Å². The number of fused-ring (bicyclic) bond motifs is 1. The van der Waals surface area contributed by atoms with Gasteiger partial charge in [-0.15, -0.1) is 0 Å². The van der Waals surface area contributed by atoms with Crippen LogP contribution in [0.4, 0.5) is 5.69 Å². The van der Waals surface area contributed by atoms with E-state index in [9.17, 15) is 9.59 Å². The number of H-pyrrole nitrogens is 1. The summed E-state index contributed by atoms with van der Waals surface area (Å²) in [5.41, 5.74) is 4.10. The van der Waals surface area contributed by atoms with Gasteiger partial charge >= 0.3 is 0 Å². The second-order valence-electron chi connectivity index (χ2n) is 6.47. The highest BCUT2D eigenvalue weighted by molar-refractivity contribution is 9.10. The Morgan fingerprint density at radius 3 is 2.79 bits per heavy atom. The molecule has 0 unspecified atom stereocenters. The maximum atomic E-state index is 12.5. The summed E-state index contributed by atoms with van der Waals surface area (Å²) in [6.45, 7) is 0. The van der Waals surface area contributed by atoms with Crippen LogP contribution in [0.2, 0.25) is 0 Å². The number of amides is 2. The highest BCUT2D eigenvalue weighted by Gasteiger charge is 2.20. The first-order valence-corrected chi connectivity index (χ1v) is 9.57. The SMILES string of the molecule is O=C1Nc2ccc(Br)cc2CC=C1NC(=O)c1cc(Cc2ccccc2)[nH]n1. The van der Waals surface area contributed by atoms with Crippen LogP contribution in [0.25, 0.3) is 0 Å². The number of allylic oxidation sites excluding steroid dienone is 1. The summed E-state index contributed by atoms with van der Waals surface area (Å²) in [4.78, 5) is 25.0. The Hall–Kier alpha value is -3.19. The van der Waals surface area contributed by atoms with Crippen LogP contribution in [-0.2, 0) is 17.6 Å². The van der Waals surface area contributed by atoms with Crippen LogP contribution in [0.5, 0.6) is 0 Å². The highest BCUT2D eigenvalue weighted by Crippen LogP contribution is 2.24. The summed E-state index contributed by atoms with van der Waals surface area (Å²) in [5, 5.41) is 12.4. The van der Waals surface area contributed by atoms with E-state index in [-0.39, 0.29) is 17.3 Å². The maximum absolute atomic E-state index is 12.5. The summed E-state index contributed by atoms with van der Waals surface area (Å²) in [6.07, 6.45) is 2.89. The number of rotatable bonds is 4. The first-order valence-electron chi connectivity index (χ1n) is 8.78. The van der Waals surface area contributed by atoms with Gasteiger partial charge in [0.05, 0.1) is 0 Å². The van der Waals surface area contributed by atoms with Crippen LogP contribution in [0, 0.1) is 0 Å². The Kier molecular flexibility index (Phi) is 5.08. The third-order valence-electron chi connectivity index (χ3n) is 4.44. The van der Waals surface area contributed by atoms with Gasteiger partial charge in [0.1, 0.15) is 5.70 Å². The molecule has 2 amide bonds. The van der Waals surface area contributed by atoms with E-state index in [1.54, 1.807) is 12.1 Å². The lowest BCUT2D eigenvalue weighted by Crippen LogP contribution is -2.30. The number of halogens is 1. The van der Waals surface area contributed by atoms with Crippen molar-refractivity contribution in [1.82, 2.24) is 15.5 Å². The fourth-order valence-corrected chi connectivity index (χ4v) is 3.43. The molecule has 1 aliphatic rings. The van der Waals surface area contributed by atoms with Crippen molar-refractivity contribution < 1.29 is 9.59 Å². The maximum Gasteiger partial charge on any atom is 0.276 e. The number of hydrogen-bond donors (Lipinski definition) is 3. The minimum Gasteiger partial charge on any atom is -0.320 e. The van der Waals surface area contributed by atoms with Gasteiger partial charge in [-0.2, -0.15) is 5.10 Å². The van der Waals surface area contributed by atoms with Crippen molar-refractivity contribution in [2.75, 3.05) is 5.32 Å². The Morgan fingerprint density at radius 1 is 1.14 bits per heavy atom. The number of aromatic nitrogens is 2. The van der Waals surface area contributed by atoms with Gasteiger partial charge in [-0.25, -0.2) is 0 Å². The lowest BCUT2D eigenvalue weighted by molar-refractivity contribution is -0.113. The third-order valence-corrected chi connectivity index (χ3v) is 4.93. The van der Waals surface area contributed by atoms with Crippen LogP contribution in [0.3, 0.4) is 0 Å². The summed E-state index contributed by atoms with van der Waals surface area (Å²) in [6, 6.07) is 17.2. The van der Waals surface area contributed by atoms with Crippen molar-refractivity contribution in [3.8, 4) is 0 Å². The molecule has 0 fully saturated rings. The molecule has 0 spiro atoms. The molecule has 1 aliphatic heterocycles. The lowest BCUT2D eigenvalue weighted by Gasteiger charge is -2.08. The van der Waals surface area contributed by atoms with E-state index in [0.717, 1.165) is 27.0 Å². The first-order chi connectivity index (χ1) is 13.6. The molecule has 0 saturated carbocycles. The van der Waals surface area contributed by atoms with Crippen molar-refractivity contribution in [3.63, 3.8) is 0 Å². The smallest absolute Gasteiger partial charge is 0.276 e. The highest BCUT2D eigenvalue weighted by atomic mass is 79.9. The number of aromatic amines is 1. The van der Waals surface area contributed by atoms with Crippen molar-refractivity contribution in [3.05, 3.63) is 93.4 Å². The predicted molar refractivity (Wildman–Crippen MR) is 110 cm³/mol. The molecule has 0 radical (unpaired) electrons. The molecular weight excluding hydrogens is 420 g/mol. The van der Waals surface area contributed by atoms with Gasteiger partial charge in [-0.05, 0) is 41.8 Å². The van der Waals surface area contributed by atoms with Gasteiger partial charge in [0.15, 0.2) is 5.69 Å². The zero-order valence-electron chi connectivity index (χ0n) is 14.8. The first kappa shape index (κ1) is 18.2. The molecule has 0 bridgehead atoms. The molecule has 1 aromatic heterocycles. The molecule has 0 saturated heterocycles. The summed E-state index contributed by atoms with van der Waals surface area (Å²) in [7, 11) is 0. The number of nitrogens with one attached hydrogen (secondary N) is 3. The molecule has 3 aromatic rings. The van der Waals surface area contributed by atoms with Gasteiger partial charge in [0.2, 0.25) is 0 Å². The average molecular weight is 437 g/mol. The van der Waals surface area contributed by atoms with E-state index in [1.807, 2.05) is 48.5 Å². The van der Waals surface area contributed by atoms with E-state index in [1.165, 1.54) is 0 Å². The Morgan fingerprint density at radius 2 is 1.96 bits per heavy atom. The van der Waals surface area contributed by atoms with Crippen molar-refractivity contribution >= 4 is 33.4 Å². The standard InChI is InChI=1S/C21H17BrN4O2/c22-15-7-9-17-14(11-15)6-8-18(20(27)23-17)24-21(28)19-12-16(25-26-19)10-13-4-2-1-3-5-13/h1-5,7-9,11-12H,6,10H2,(H,23,27)(H,24,28)(H,25,26). The quantitative estimate of drug-likeness (QED) is 0.583. The molecule has 7 heteroatoms. The van der Waals surface area contributed by atoms with Gasteiger partial charge in [0, 0.05) is 22.3 Å². The number of hydrogen-bond acceptors (Lipinski definition) is 3. The van der Waals surface area contributed by atoms with Crippen LogP contribution < -0.4 is 10.6 Å². The van der Waals surface area contributed by atoms with Crippen molar-refractivity contribution in [2.24, 2.45) is 0 Å². The van der Waals surface area contributed by atoms with Crippen molar-refractivity contribution in [2.45, 2.75) is 12.8 Å². The van der Waals surface area contributed by atoms with Gasteiger partial charge in [0.25, 0.3) is 11.8 Å². The topological polar surface area (TPSA) is 86.9 Å². The fraction of sp³-hybridized carbons (Fsp3) is 0.0952. The molecule has 28 heavy (non-hydrogen) atoms. The normalized spacial score (nSPS) is 13.2. The summed E-state index contributed by atoms with van der Waals surface area (Å²) < 4.78 is 0.934. The molecule has 3 N–H and O–H groups in total. The van der Waals surface area contributed by atoms with E-state index in [4.69, 9.17) is 0 Å². The Labute approximate surface area is 170 Å². The predicted octanol–water partition coefficient (Wildman–Crippen LogP) is 3.57. The van der Waals surface area contributed by atoms with Gasteiger partial charge in [-0.3, -0.25) is 14.7 Å². The average Bonchev–Trinajstić information content (AvgIpc) is 3.10. The number of benzene rings is 2. The van der Waals surface area contributed by atoms with Crippen LogP contribution in [0.15, 0.2) is 70.8 Å². The van der Waals surface area contributed by atoms with Crippen LogP contribution in [-0.4, -0.2) is 22.0 Å². The molecule has 2 heterocycles. The van der Waals surface area contributed by atoms with E-state index < -0.39 is 5.91 Å². The monoisotopic (exact) mass is 436 g/mol. The van der Waals surface area contributed by atoms with Gasteiger partial charge in [-0.1, -0.05) is 52.3 Å². The Bertz CT molecular complexity index is 1070. The molecular formula is C21H17BrN4O2. The number of nitrogens with zero attached hydrogens (tertiary/aromatic N) is 1. The lowest BCUT2D eigenvalue weighted by atomic mass is 10.1. The minimum atomic E-state index is -0.427. The zero-order chi connectivity index (χ0) is 19.5. The molecule has 2 aromatic carbocycles. The number of anilines is 1. The molecule has 0 aliphatic carbocycles. The number of carbonyl (C=O) groups is 2. The van der Waals surface area contributed by atoms with E-state index in [2.05, 4.69) is 36.8 Å². The largest absolute Gasteiger partial charge is 0.320 e.